The molecule has 4 N–H and O–H groups in total. The maximum atomic E-state index is 13.4. The Hall–Kier alpha value is -4.79. The first kappa shape index (κ1) is 35.2. The summed E-state index contributed by atoms with van der Waals surface area (Å²) in [6, 6.07) is 7.11. The Morgan fingerprint density at radius 3 is 2.26 bits per heavy atom. The van der Waals surface area contributed by atoms with Crippen LogP contribution in [-0.2, 0) is 54.2 Å². The number of carbonyl (C=O) groups is 7. The van der Waals surface area contributed by atoms with Gasteiger partial charge in [-0.25, -0.2) is 4.79 Å². The highest BCUT2D eigenvalue weighted by molar-refractivity contribution is 5.99. The van der Waals surface area contributed by atoms with E-state index in [1.54, 1.807) is 30.3 Å². The smallest absolute Gasteiger partial charge is 0.333 e. The van der Waals surface area contributed by atoms with Gasteiger partial charge in [0.1, 0.15) is 12.3 Å². The largest absolute Gasteiger partial charge is 0.463 e. The molecule has 2 unspecified atom stereocenters. The molecule has 0 saturated heterocycles. The normalized spacial score (nSPS) is 11.7. The van der Waals surface area contributed by atoms with Crippen molar-refractivity contribution in [1.82, 2.24) is 20.4 Å². The molecule has 15 heteroatoms. The Kier molecular flexibility index (Phi) is 14.9. The molecule has 230 valence electrons. The third-order valence-electron chi connectivity index (χ3n) is 5.60. The number of benzene rings is 1. The molecule has 1 aromatic carbocycles. The van der Waals surface area contributed by atoms with Crippen molar-refractivity contribution in [2.75, 3.05) is 47.5 Å². The molecule has 2 atom stereocenters. The molecular weight excluding hydrogens is 554 g/mol. The number of hydrogen-bond acceptors (Lipinski definition) is 10. The maximum Gasteiger partial charge on any atom is 0.333 e. The zero-order chi connectivity index (χ0) is 31.8. The van der Waals surface area contributed by atoms with Crippen molar-refractivity contribution in [2.45, 2.75) is 31.9 Å². The van der Waals surface area contributed by atoms with Crippen molar-refractivity contribution in [3.05, 3.63) is 48.2 Å². The summed E-state index contributed by atoms with van der Waals surface area (Å²) in [6.45, 7) is 3.40. The molecule has 0 saturated carbocycles. The van der Waals surface area contributed by atoms with Crippen LogP contribution in [0.15, 0.2) is 42.6 Å². The maximum absolute atomic E-state index is 13.4. The lowest BCUT2D eigenvalue weighted by Crippen LogP contribution is -2.49. The van der Waals surface area contributed by atoms with Crippen LogP contribution in [0.4, 0.5) is 0 Å². The average Bonchev–Trinajstić information content (AvgIpc) is 2.94. The van der Waals surface area contributed by atoms with Gasteiger partial charge in [0.05, 0.1) is 26.1 Å². The second-order valence-corrected chi connectivity index (χ2v) is 9.04. The predicted molar refractivity (Wildman–Crippen MR) is 147 cm³/mol. The number of ether oxygens (including phenoxy) is 3. The molecule has 0 radical (unpaired) electrons. The molecule has 1 rings (SSSR count). The van der Waals surface area contributed by atoms with Gasteiger partial charge in [0.15, 0.2) is 12.1 Å². The standard InChI is InChI=1S/C27H37N5O10/c1-17(25(37)29-14-23(35)31(3)15-22(28)34)32(4)26(38)21(13-19-9-7-6-8-10-19)42-27(39)20(30-18(2)33)16-41-24(36)11-12-40-5/h6-10,20-21H,1,11-16H2,2-5H3,(H2,28,34)(H,29,37)(H,30,33). The third-order valence-corrected chi connectivity index (χ3v) is 5.60. The first-order valence-electron chi connectivity index (χ1n) is 12.7. The second kappa shape index (κ2) is 17.8. The fourth-order valence-corrected chi connectivity index (χ4v) is 3.29. The van der Waals surface area contributed by atoms with E-state index in [1.165, 1.54) is 21.2 Å². The molecule has 0 bridgehead atoms. The van der Waals surface area contributed by atoms with Crippen LogP contribution in [0.1, 0.15) is 18.9 Å². The fourth-order valence-electron chi connectivity index (χ4n) is 3.29. The first-order chi connectivity index (χ1) is 19.8. The lowest BCUT2D eigenvalue weighted by atomic mass is 10.1. The topological polar surface area (TPSA) is 204 Å². The molecule has 15 nitrogen and oxygen atoms in total. The Labute approximate surface area is 243 Å². The molecule has 0 fully saturated rings. The van der Waals surface area contributed by atoms with Crippen LogP contribution >= 0.6 is 0 Å². The predicted octanol–water partition coefficient (Wildman–Crippen LogP) is -1.74. The minimum absolute atomic E-state index is 0.0871. The van der Waals surface area contributed by atoms with E-state index in [-0.39, 0.29) is 31.7 Å². The summed E-state index contributed by atoms with van der Waals surface area (Å²) in [5.41, 5.74) is 5.29. The number of hydrogen-bond donors (Lipinski definition) is 3. The molecule has 0 aromatic heterocycles. The van der Waals surface area contributed by atoms with E-state index in [9.17, 15) is 33.6 Å². The number of methoxy groups -OCH3 is 1. The zero-order valence-corrected chi connectivity index (χ0v) is 24.0. The van der Waals surface area contributed by atoms with Crippen LogP contribution in [-0.4, -0.2) is 111 Å². The lowest BCUT2D eigenvalue weighted by molar-refractivity contribution is -0.164. The number of nitrogens with one attached hydrogen (secondary N) is 2. The highest BCUT2D eigenvalue weighted by atomic mass is 16.6. The van der Waals surface area contributed by atoms with Crippen LogP contribution < -0.4 is 16.4 Å². The molecule has 1 aromatic rings. The van der Waals surface area contributed by atoms with E-state index in [0.29, 0.717) is 5.56 Å². The molecule has 0 heterocycles. The quantitative estimate of drug-likeness (QED) is 0.138. The van der Waals surface area contributed by atoms with Gasteiger partial charge in [0.25, 0.3) is 11.8 Å². The lowest BCUT2D eigenvalue weighted by Gasteiger charge is -2.26. The highest BCUT2D eigenvalue weighted by Gasteiger charge is 2.33. The van der Waals surface area contributed by atoms with E-state index in [4.69, 9.17) is 19.9 Å². The minimum atomic E-state index is -1.49. The number of primary amides is 1. The SMILES string of the molecule is C=C(C(=O)NCC(=O)N(C)CC(N)=O)N(C)C(=O)C(Cc1ccccc1)OC(=O)C(COC(=O)CCOC)NC(C)=O. The Balaban J connectivity index is 3.04. The Morgan fingerprint density at radius 1 is 1.05 bits per heavy atom. The molecule has 5 amide bonds. The number of likely N-dealkylation sites (N-methyl/N-ethyl adjacent to an activating group) is 2. The first-order valence-corrected chi connectivity index (χ1v) is 12.7. The number of nitrogens with zero attached hydrogens (tertiary/aromatic N) is 2. The van der Waals surface area contributed by atoms with E-state index >= 15 is 0 Å². The second-order valence-electron chi connectivity index (χ2n) is 9.04. The van der Waals surface area contributed by atoms with Crippen LogP contribution in [0.5, 0.6) is 0 Å². The highest BCUT2D eigenvalue weighted by Crippen LogP contribution is 2.13. The summed E-state index contributed by atoms with van der Waals surface area (Å²) < 4.78 is 15.3. The third kappa shape index (κ3) is 12.6. The number of carbonyl (C=O) groups excluding carboxylic acids is 7. The zero-order valence-electron chi connectivity index (χ0n) is 24.0. The molecule has 0 aliphatic rings. The van der Waals surface area contributed by atoms with E-state index in [2.05, 4.69) is 17.2 Å². The van der Waals surface area contributed by atoms with Crippen LogP contribution in [0.3, 0.4) is 0 Å². The number of rotatable bonds is 17. The van der Waals surface area contributed by atoms with Crippen molar-refractivity contribution in [2.24, 2.45) is 5.73 Å². The van der Waals surface area contributed by atoms with Gasteiger partial charge in [-0.2, -0.15) is 0 Å². The van der Waals surface area contributed by atoms with E-state index in [1.807, 2.05) is 0 Å². The summed E-state index contributed by atoms with van der Waals surface area (Å²) in [6.07, 6.45) is -1.69. The van der Waals surface area contributed by atoms with Gasteiger partial charge in [-0.1, -0.05) is 36.9 Å². The number of nitrogens with two attached hydrogens (primary N) is 1. The van der Waals surface area contributed by atoms with Crippen LogP contribution in [0, 0.1) is 0 Å². The van der Waals surface area contributed by atoms with Gasteiger partial charge < -0.3 is 40.4 Å². The van der Waals surface area contributed by atoms with E-state index < -0.39 is 66.8 Å². The van der Waals surface area contributed by atoms with Crippen molar-refractivity contribution in [1.29, 1.82) is 0 Å². The molecule has 0 spiro atoms. The molecule has 42 heavy (non-hydrogen) atoms. The van der Waals surface area contributed by atoms with Crippen molar-refractivity contribution >= 4 is 41.5 Å². The van der Waals surface area contributed by atoms with Gasteiger partial charge in [-0.05, 0) is 5.56 Å². The summed E-state index contributed by atoms with van der Waals surface area (Å²) in [5.74, 6) is -5.45. The van der Waals surface area contributed by atoms with Gasteiger partial charge in [0.2, 0.25) is 17.7 Å². The Bertz CT molecular complexity index is 1160. The monoisotopic (exact) mass is 591 g/mol. The van der Waals surface area contributed by atoms with Crippen LogP contribution in [0.2, 0.25) is 0 Å². The number of esters is 2. The van der Waals surface area contributed by atoms with Gasteiger partial charge in [-0.15, -0.1) is 0 Å². The molecular formula is C27H37N5O10. The molecule has 0 aliphatic heterocycles. The summed E-state index contributed by atoms with van der Waals surface area (Å²) in [5, 5.41) is 4.62. The fraction of sp³-hybridized carbons (Fsp3) is 0.444. The summed E-state index contributed by atoms with van der Waals surface area (Å²) in [4.78, 5) is 87.6. The number of amides is 5. The summed E-state index contributed by atoms with van der Waals surface area (Å²) in [7, 11) is 3.94. The summed E-state index contributed by atoms with van der Waals surface area (Å²) >= 11 is 0. The van der Waals surface area contributed by atoms with Gasteiger partial charge in [0, 0.05) is 34.5 Å². The van der Waals surface area contributed by atoms with Gasteiger partial charge >= 0.3 is 11.9 Å². The van der Waals surface area contributed by atoms with Crippen LogP contribution in [0.25, 0.3) is 0 Å². The van der Waals surface area contributed by atoms with E-state index in [0.717, 1.165) is 16.7 Å². The van der Waals surface area contributed by atoms with Crippen molar-refractivity contribution in [3.63, 3.8) is 0 Å². The van der Waals surface area contributed by atoms with Crippen molar-refractivity contribution < 1.29 is 47.8 Å². The minimum Gasteiger partial charge on any atom is -0.463 e. The van der Waals surface area contributed by atoms with Crippen molar-refractivity contribution in [3.8, 4) is 0 Å². The molecule has 0 aliphatic carbocycles. The Morgan fingerprint density at radius 2 is 1.69 bits per heavy atom. The van der Waals surface area contributed by atoms with Gasteiger partial charge in [-0.3, -0.25) is 28.8 Å². The average molecular weight is 592 g/mol.